The lowest BCUT2D eigenvalue weighted by Crippen LogP contribution is -2.03. The number of nitriles is 1. The van der Waals surface area contributed by atoms with E-state index < -0.39 is 6.16 Å². The predicted molar refractivity (Wildman–Crippen MR) is 37.5 cm³/mol. The number of carbonyl (C=O) groups excluding carboxylic acids is 1. The van der Waals surface area contributed by atoms with Gasteiger partial charge in [-0.25, -0.2) is 4.79 Å². The Morgan fingerprint density at radius 1 is 1.73 bits per heavy atom. The molecule has 0 aliphatic carbocycles. The highest BCUT2D eigenvalue weighted by Gasteiger charge is 1.97. The van der Waals surface area contributed by atoms with Crippen LogP contribution in [0.25, 0.3) is 0 Å². The lowest BCUT2D eigenvalue weighted by atomic mass is 10.5. The molecular formula is C7H9NO3. The molecule has 60 valence electrons. The molecule has 0 saturated carbocycles. The van der Waals surface area contributed by atoms with E-state index in [-0.39, 0.29) is 6.61 Å². The Labute approximate surface area is 65.0 Å². The lowest BCUT2D eigenvalue weighted by molar-refractivity contribution is 0.0955. The van der Waals surface area contributed by atoms with Crippen LogP contribution >= 0.6 is 0 Å². The highest BCUT2D eigenvalue weighted by atomic mass is 16.7. The summed E-state index contributed by atoms with van der Waals surface area (Å²) >= 11 is 0. The number of allylic oxidation sites excluding steroid dienone is 1. The number of hydrogen-bond donors (Lipinski definition) is 0. The first kappa shape index (κ1) is 9.50. The third-order valence-electron chi connectivity index (χ3n) is 0.751. The van der Waals surface area contributed by atoms with E-state index in [9.17, 15) is 4.79 Å². The Kier molecular flexibility index (Phi) is 5.72. The van der Waals surface area contributed by atoms with Gasteiger partial charge in [-0.15, -0.1) is 0 Å². The maximum absolute atomic E-state index is 10.4. The van der Waals surface area contributed by atoms with Gasteiger partial charge in [0.05, 0.1) is 6.26 Å². The molecule has 0 spiro atoms. The van der Waals surface area contributed by atoms with E-state index in [0.717, 1.165) is 6.42 Å². The number of nitrogens with zero attached hydrogens (tertiary/aromatic N) is 1. The average Bonchev–Trinajstić information content (AvgIpc) is 2.01. The van der Waals surface area contributed by atoms with E-state index in [4.69, 9.17) is 5.26 Å². The van der Waals surface area contributed by atoms with Gasteiger partial charge < -0.3 is 9.47 Å². The molecule has 4 nitrogen and oxygen atoms in total. The van der Waals surface area contributed by atoms with Crippen LogP contribution in [0.2, 0.25) is 0 Å². The fraction of sp³-hybridized carbons (Fsp3) is 0.429. The molecule has 0 radical (unpaired) electrons. The van der Waals surface area contributed by atoms with Gasteiger partial charge in [-0.3, -0.25) is 0 Å². The van der Waals surface area contributed by atoms with Crippen LogP contribution in [-0.2, 0) is 9.47 Å². The van der Waals surface area contributed by atoms with Gasteiger partial charge in [-0.05, 0) is 12.5 Å². The summed E-state index contributed by atoms with van der Waals surface area (Å²) in [6.07, 6.45) is 2.83. The first-order valence-corrected chi connectivity index (χ1v) is 3.16. The summed E-state index contributed by atoms with van der Waals surface area (Å²) in [5, 5.41) is 7.99. The molecule has 0 N–H and O–H groups in total. The van der Waals surface area contributed by atoms with Crippen LogP contribution in [0.3, 0.4) is 0 Å². The van der Waals surface area contributed by atoms with Gasteiger partial charge in [-0.1, -0.05) is 6.92 Å². The van der Waals surface area contributed by atoms with Crippen molar-refractivity contribution in [2.24, 2.45) is 0 Å². The molecule has 0 aromatic rings. The third kappa shape index (κ3) is 6.38. The minimum atomic E-state index is -0.851. The quantitative estimate of drug-likeness (QED) is 0.458. The van der Waals surface area contributed by atoms with Gasteiger partial charge >= 0.3 is 6.16 Å². The normalized spacial score (nSPS) is 9.09. The molecule has 0 aliphatic heterocycles. The molecular weight excluding hydrogens is 146 g/mol. The van der Waals surface area contributed by atoms with Gasteiger partial charge in [-0.2, -0.15) is 5.26 Å². The summed E-state index contributed by atoms with van der Waals surface area (Å²) in [6, 6.07) is 1.64. The number of carbonyl (C=O) groups is 1. The van der Waals surface area contributed by atoms with Gasteiger partial charge in [0.1, 0.15) is 6.07 Å². The topological polar surface area (TPSA) is 59.3 Å². The van der Waals surface area contributed by atoms with Crippen molar-refractivity contribution in [1.82, 2.24) is 0 Å². The molecule has 0 aliphatic rings. The van der Waals surface area contributed by atoms with Crippen molar-refractivity contribution in [3.05, 3.63) is 12.3 Å². The second-order valence-electron chi connectivity index (χ2n) is 1.59. The molecule has 0 unspecified atom stereocenters. The largest absolute Gasteiger partial charge is 0.514 e. The maximum atomic E-state index is 10.4. The zero-order chi connectivity index (χ0) is 8.53. The minimum Gasteiger partial charge on any atom is -0.419 e. The summed E-state index contributed by atoms with van der Waals surface area (Å²) in [7, 11) is 0. The van der Waals surface area contributed by atoms with Gasteiger partial charge in [0.25, 0.3) is 0 Å². The highest BCUT2D eigenvalue weighted by Crippen LogP contribution is 1.87. The predicted octanol–water partition coefficient (Wildman–Crippen LogP) is 1.59. The summed E-state index contributed by atoms with van der Waals surface area (Å²) in [5.74, 6) is 0. The summed E-state index contributed by atoms with van der Waals surface area (Å²) < 4.78 is 8.66. The monoisotopic (exact) mass is 155 g/mol. The van der Waals surface area contributed by atoms with Gasteiger partial charge in [0, 0.05) is 0 Å². The third-order valence-corrected chi connectivity index (χ3v) is 0.751. The molecule has 0 saturated heterocycles. The van der Waals surface area contributed by atoms with E-state index >= 15 is 0 Å². The molecule has 0 bridgehead atoms. The smallest absolute Gasteiger partial charge is 0.419 e. The molecule has 0 amide bonds. The van der Waals surface area contributed by atoms with Crippen LogP contribution in [-0.4, -0.2) is 12.8 Å². The van der Waals surface area contributed by atoms with Crippen molar-refractivity contribution in [2.45, 2.75) is 13.3 Å². The zero-order valence-electron chi connectivity index (χ0n) is 6.24. The van der Waals surface area contributed by atoms with Gasteiger partial charge in [0.2, 0.25) is 0 Å². The van der Waals surface area contributed by atoms with Crippen LogP contribution in [0, 0.1) is 11.3 Å². The molecule has 4 heteroatoms. The Bertz CT molecular complexity index is 181. The van der Waals surface area contributed by atoms with E-state index in [0.29, 0.717) is 0 Å². The van der Waals surface area contributed by atoms with Crippen molar-refractivity contribution >= 4 is 6.16 Å². The average molecular weight is 155 g/mol. The first-order chi connectivity index (χ1) is 5.31. The molecule has 0 atom stereocenters. The van der Waals surface area contributed by atoms with Gasteiger partial charge in [0.15, 0.2) is 6.61 Å². The fourth-order valence-electron chi connectivity index (χ4n) is 0.325. The minimum absolute atomic E-state index is 0.279. The second kappa shape index (κ2) is 6.62. The van der Waals surface area contributed by atoms with Crippen LogP contribution in [0.5, 0.6) is 0 Å². The number of ether oxygens (including phenoxy) is 2. The molecule has 0 aromatic carbocycles. The number of rotatable bonds is 3. The lowest BCUT2D eigenvalue weighted by Gasteiger charge is -1.95. The first-order valence-electron chi connectivity index (χ1n) is 3.16. The van der Waals surface area contributed by atoms with Crippen molar-refractivity contribution in [1.29, 1.82) is 5.26 Å². The number of hydrogen-bond acceptors (Lipinski definition) is 4. The molecule has 11 heavy (non-hydrogen) atoms. The summed E-state index contributed by atoms with van der Waals surface area (Å²) in [5.41, 5.74) is 0. The Morgan fingerprint density at radius 3 is 3.00 bits per heavy atom. The second-order valence-corrected chi connectivity index (χ2v) is 1.59. The summed E-state index contributed by atoms with van der Waals surface area (Å²) in [4.78, 5) is 10.4. The van der Waals surface area contributed by atoms with Crippen LogP contribution < -0.4 is 0 Å². The fourth-order valence-corrected chi connectivity index (χ4v) is 0.325. The van der Waals surface area contributed by atoms with E-state index in [2.05, 4.69) is 9.47 Å². The molecule has 0 heterocycles. The van der Waals surface area contributed by atoms with E-state index in [1.165, 1.54) is 6.26 Å². The molecule has 0 fully saturated rings. The zero-order valence-corrected chi connectivity index (χ0v) is 6.24. The van der Waals surface area contributed by atoms with Crippen LogP contribution in [0.1, 0.15) is 13.3 Å². The molecule has 0 aromatic heterocycles. The maximum Gasteiger partial charge on any atom is 0.514 e. The summed E-state index contributed by atoms with van der Waals surface area (Å²) in [6.45, 7) is 1.62. The standard InChI is InChI=1S/C7H9NO3/c1-2-3-5-10-7(9)11-6-4-8/h3,5H,2,6H2,1H3. The van der Waals surface area contributed by atoms with E-state index in [1.807, 2.05) is 6.92 Å². The van der Waals surface area contributed by atoms with Crippen LogP contribution in [0.4, 0.5) is 4.79 Å². The SMILES string of the molecule is CCC=COC(=O)OCC#N. The Balaban J connectivity index is 3.39. The molecule has 0 rings (SSSR count). The van der Waals surface area contributed by atoms with E-state index in [1.54, 1.807) is 12.1 Å². The van der Waals surface area contributed by atoms with Crippen molar-refractivity contribution in [3.63, 3.8) is 0 Å². The van der Waals surface area contributed by atoms with Crippen molar-refractivity contribution in [3.8, 4) is 6.07 Å². The van der Waals surface area contributed by atoms with Crippen LogP contribution in [0.15, 0.2) is 12.3 Å². The highest BCUT2D eigenvalue weighted by molar-refractivity contribution is 5.60. The Hall–Kier alpha value is -1.50. The van der Waals surface area contributed by atoms with Crippen molar-refractivity contribution < 1.29 is 14.3 Å². The Morgan fingerprint density at radius 2 is 2.45 bits per heavy atom. The van der Waals surface area contributed by atoms with Crippen molar-refractivity contribution in [2.75, 3.05) is 6.61 Å².